The van der Waals surface area contributed by atoms with E-state index in [4.69, 9.17) is 8.83 Å². The number of hydrogen-bond acceptors (Lipinski definition) is 5. The molecule has 6 nitrogen and oxygen atoms in total. The normalized spacial score (nSPS) is 12.1. The van der Waals surface area contributed by atoms with Crippen LogP contribution in [0.5, 0.6) is 0 Å². The van der Waals surface area contributed by atoms with E-state index in [0.29, 0.717) is 5.78 Å². The minimum Gasteiger partial charge on any atom is -0.472 e. The highest BCUT2D eigenvalue weighted by molar-refractivity contribution is 5.78. The van der Waals surface area contributed by atoms with Crippen LogP contribution in [0.15, 0.2) is 52.2 Å². The Morgan fingerprint density at radius 2 is 1.65 bits per heavy atom. The van der Waals surface area contributed by atoms with Gasteiger partial charge in [0.1, 0.15) is 5.69 Å². The molecule has 0 spiro atoms. The van der Waals surface area contributed by atoms with Crippen LogP contribution in [0.1, 0.15) is 26.5 Å². The summed E-state index contributed by atoms with van der Waals surface area (Å²) in [4.78, 5) is 4.61. The molecule has 0 atom stereocenters. The van der Waals surface area contributed by atoms with Gasteiger partial charge in [0.25, 0.3) is 5.78 Å². The van der Waals surface area contributed by atoms with Gasteiger partial charge in [0.05, 0.1) is 36.4 Å². The first kappa shape index (κ1) is 13.8. The molecule has 6 heteroatoms. The summed E-state index contributed by atoms with van der Waals surface area (Å²) < 4.78 is 12.4. The highest BCUT2D eigenvalue weighted by Gasteiger charge is 2.22. The predicted molar refractivity (Wildman–Crippen MR) is 84.9 cm³/mol. The molecule has 0 N–H and O–H groups in total. The van der Waals surface area contributed by atoms with E-state index in [-0.39, 0.29) is 5.41 Å². The van der Waals surface area contributed by atoms with Crippen molar-refractivity contribution < 1.29 is 8.83 Å². The van der Waals surface area contributed by atoms with Gasteiger partial charge in [-0.25, -0.2) is 4.98 Å². The van der Waals surface area contributed by atoms with E-state index in [2.05, 4.69) is 36.0 Å². The van der Waals surface area contributed by atoms with Crippen LogP contribution in [-0.2, 0) is 5.41 Å². The molecule has 0 saturated carbocycles. The molecule has 4 aromatic heterocycles. The Kier molecular flexibility index (Phi) is 2.87. The van der Waals surface area contributed by atoms with Crippen molar-refractivity contribution >= 4 is 5.78 Å². The highest BCUT2D eigenvalue weighted by atomic mass is 16.3. The molecule has 0 aliphatic heterocycles. The Balaban J connectivity index is 2.06. The minimum absolute atomic E-state index is 0.0723. The molecule has 4 heterocycles. The molecule has 4 rings (SSSR count). The smallest absolute Gasteiger partial charge is 0.254 e. The SMILES string of the molecule is CC(C)(C)c1cn2c(-c3ccoc3)c(-c3ccoc3)nnc2n1. The van der Waals surface area contributed by atoms with Crippen molar-refractivity contribution in [2.45, 2.75) is 26.2 Å². The molecular formula is C17H16N4O2. The maximum atomic E-state index is 5.26. The summed E-state index contributed by atoms with van der Waals surface area (Å²) in [5.41, 5.74) is 4.28. The molecule has 0 aliphatic carbocycles. The van der Waals surface area contributed by atoms with Crippen molar-refractivity contribution in [2.75, 3.05) is 0 Å². The Labute approximate surface area is 132 Å². The van der Waals surface area contributed by atoms with Crippen LogP contribution in [0.4, 0.5) is 0 Å². The van der Waals surface area contributed by atoms with Gasteiger partial charge in [-0.05, 0) is 12.1 Å². The monoisotopic (exact) mass is 308 g/mol. The van der Waals surface area contributed by atoms with Crippen LogP contribution >= 0.6 is 0 Å². The summed E-state index contributed by atoms with van der Waals surface area (Å²) >= 11 is 0. The molecule has 116 valence electrons. The van der Waals surface area contributed by atoms with Gasteiger partial charge in [0.2, 0.25) is 0 Å². The van der Waals surface area contributed by atoms with Crippen LogP contribution in [0.2, 0.25) is 0 Å². The molecule has 0 aromatic carbocycles. The Bertz CT molecular complexity index is 945. The topological polar surface area (TPSA) is 69.4 Å². The summed E-state index contributed by atoms with van der Waals surface area (Å²) in [5.74, 6) is 0.568. The molecule has 23 heavy (non-hydrogen) atoms. The van der Waals surface area contributed by atoms with Crippen LogP contribution < -0.4 is 0 Å². The Hall–Kier alpha value is -2.89. The molecule has 0 amide bonds. The van der Waals surface area contributed by atoms with E-state index in [1.165, 1.54) is 0 Å². The number of furan rings is 2. The summed E-state index contributed by atoms with van der Waals surface area (Å²) in [6.45, 7) is 6.37. The van der Waals surface area contributed by atoms with Crippen molar-refractivity contribution in [1.82, 2.24) is 19.6 Å². The van der Waals surface area contributed by atoms with Crippen LogP contribution in [-0.4, -0.2) is 19.6 Å². The lowest BCUT2D eigenvalue weighted by Crippen LogP contribution is -2.11. The molecule has 0 radical (unpaired) electrons. The van der Waals surface area contributed by atoms with E-state index < -0.39 is 0 Å². The molecule has 4 aromatic rings. The van der Waals surface area contributed by atoms with Gasteiger partial charge in [0, 0.05) is 22.7 Å². The Morgan fingerprint density at radius 3 is 2.26 bits per heavy atom. The number of imidazole rings is 1. The quantitative estimate of drug-likeness (QED) is 0.561. The lowest BCUT2D eigenvalue weighted by atomic mass is 9.93. The zero-order chi connectivity index (χ0) is 16.0. The molecule has 0 bridgehead atoms. The lowest BCUT2D eigenvalue weighted by molar-refractivity contribution is 0.567. The van der Waals surface area contributed by atoms with E-state index in [9.17, 15) is 0 Å². The third kappa shape index (κ3) is 2.23. The van der Waals surface area contributed by atoms with Gasteiger partial charge in [-0.2, -0.15) is 0 Å². The first-order valence-electron chi connectivity index (χ1n) is 7.35. The lowest BCUT2D eigenvalue weighted by Gasteiger charge is -2.13. The first-order chi connectivity index (χ1) is 11.0. The molecule has 0 saturated heterocycles. The summed E-state index contributed by atoms with van der Waals surface area (Å²) in [5, 5.41) is 8.64. The standard InChI is InChI=1S/C17H16N4O2/c1-17(2,3)13-8-21-15(12-5-7-23-10-12)14(11-4-6-22-9-11)19-20-16(21)18-13/h4-10H,1-3H3. The molecular weight excluding hydrogens is 292 g/mol. The fourth-order valence-corrected chi connectivity index (χ4v) is 2.49. The third-order valence-electron chi connectivity index (χ3n) is 3.75. The molecule has 0 unspecified atom stereocenters. The maximum absolute atomic E-state index is 5.26. The van der Waals surface area contributed by atoms with E-state index >= 15 is 0 Å². The summed E-state index contributed by atoms with van der Waals surface area (Å²) in [7, 11) is 0. The predicted octanol–water partition coefficient (Wildman–Crippen LogP) is 3.94. The van der Waals surface area contributed by atoms with Crippen LogP contribution in [0, 0.1) is 0 Å². The zero-order valence-corrected chi connectivity index (χ0v) is 13.1. The van der Waals surface area contributed by atoms with E-state index in [1.807, 2.05) is 22.7 Å². The maximum Gasteiger partial charge on any atom is 0.254 e. The fraction of sp³-hybridized carbons (Fsp3) is 0.235. The highest BCUT2D eigenvalue weighted by Crippen LogP contribution is 2.32. The first-order valence-corrected chi connectivity index (χ1v) is 7.35. The number of fused-ring (bicyclic) bond motifs is 1. The average Bonchev–Trinajstić information content (AvgIpc) is 3.25. The van der Waals surface area contributed by atoms with Crippen molar-refractivity contribution in [3.63, 3.8) is 0 Å². The second kappa shape index (κ2) is 4.81. The summed E-state index contributed by atoms with van der Waals surface area (Å²) in [6, 6.07) is 3.76. The molecule has 0 fully saturated rings. The van der Waals surface area contributed by atoms with Crippen molar-refractivity contribution in [3.05, 3.63) is 49.1 Å². The number of hydrogen-bond donors (Lipinski definition) is 0. The van der Waals surface area contributed by atoms with Crippen molar-refractivity contribution in [3.8, 4) is 22.5 Å². The average molecular weight is 308 g/mol. The second-order valence-electron chi connectivity index (χ2n) is 6.47. The van der Waals surface area contributed by atoms with E-state index in [1.54, 1.807) is 25.1 Å². The number of aromatic nitrogens is 4. The van der Waals surface area contributed by atoms with Gasteiger partial charge in [0.15, 0.2) is 0 Å². The van der Waals surface area contributed by atoms with Crippen LogP contribution in [0.25, 0.3) is 28.3 Å². The number of rotatable bonds is 2. The van der Waals surface area contributed by atoms with Gasteiger partial charge < -0.3 is 8.83 Å². The second-order valence-corrected chi connectivity index (χ2v) is 6.47. The van der Waals surface area contributed by atoms with Crippen molar-refractivity contribution in [2.24, 2.45) is 0 Å². The van der Waals surface area contributed by atoms with Gasteiger partial charge in [-0.1, -0.05) is 20.8 Å². The fourth-order valence-electron chi connectivity index (χ4n) is 2.49. The third-order valence-corrected chi connectivity index (χ3v) is 3.75. The zero-order valence-electron chi connectivity index (χ0n) is 13.1. The van der Waals surface area contributed by atoms with Gasteiger partial charge in [-0.3, -0.25) is 4.40 Å². The summed E-state index contributed by atoms with van der Waals surface area (Å²) in [6.07, 6.45) is 8.62. The van der Waals surface area contributed by atoms with Gasteiger partial charge >= 0.3 is 0 Å². The number of nitrogens with zero attached hydrogens (tertiary/aromatic N) is 4. The van der Waals surface area contributed by atoms with Gasteiger partial charge in [-0.15, -0.1) is 10.2 Å². The Morgan fingerprint density at radius 1 is 0.957 bits per heavy atom. The minimum atomic E-state index is -0.0723. The van der Waals surface area contributed by atoms with E-state index in [0.717, 1.165) is 28.2 Å². The van der Waals surface area contributed by atoms with Crippen molar-refractivity contribution in [1.29, 1.82) is 0 Å². The molecule has 0 aliphatic rings. The van der Waals surface area contributed by atoms with Crippen LogP contribution in [0.3, 0.4) is 0 Å². The largest absolute Gasteiger partial charge is 0.472 e.